The second kappa shape index (κ2) is 16.0. The van der Waals surface area contributed by atoms with Crippen molar-refractivity contribution < 1.29 is 4.74 Å². The predicted molar refractivity (Wildman–Crippen MR) is 297 cm³/mol. The molecule has 10 aromatic rings. The maximum absolute atomic E-state index is 7.21. The van der Waals surface area contributed by atoms with Crippen LogP contribution in [0, 0.1) is 0 Å². The molecule has 5 heteroatoms. The molecule has 2 aliphatic rings. The highest BCUT2D eigenvalue weighted by atomic mass is 16.5. The van der Waals surface area contributed by atoms with Crippen molar-refractivity contribution in [2.75, 3.05) is 4.90 Å². The zero-order valence-electron chi connectivity index (χ0n) is 41.7. The molecule has 4 heterocycles. The molecule has 342 valence electrons. The molecule has 12 rings (SSSR count). The number of pyridine rings is 1. The van der Waals surface area contributed by atoms with Gasteiger partial charge in [0.05, 0.1) is 22.4 Å². The first-order chi connectivity index (χ1) is 33.6. The number of aromatic nitrogens is 2. The Balaban J connectivity index is 1.18. The number of para-hydroxylation sites is 3. The van der Waals surface area contributed by atoms with E-state index in [-0.39, 0.29) is 23.0 Å². The Morgan fingerprint density at radius 2 is 1.00 bits per heavy atom. The van der Waals surface area contributed by atoms with Gasteiger partial charge in [-0.15, -0.1) is 0 Å². The van der Waals surface area contributed by atoms with Gasteiger partial charge in [-0.05, 0) is 115 Å². The molecule has 0 unspecified atom stereocenters. The van der Waals surface area contributed by atoms with Crippen LogP contribution in [0.3, 0.4) is 0 Å². The summed E-state index contributed by atoms with van der Waals surface area (Å²) < 4.78 is 9.56. The number of ether oxygens (including phenoxy) is 1. The lowest BCUT2D eigenvalue weighted by Gasteiger charge is -2.42. The van der Waals surface area contributed by atoms with Crippen LogP contribution in [0.15, 0.2) is 188 Å². The highest BCUT2D eigenvalue weighted by molar-refractivity contribution is 6.99. The number of rotatable bonds is 5. The Bertz CT molecular complexity index is 3590. The van der Waals surface area contributed by atoms with Crippen LogP contribution in [0.25, 0.3) is 61.1 Å². The van der Waals surface area contributed by atoms with Crippen LogP contribution < -0.4 is 26.0 Å². The summed E-state index contributed by atoms with van der Waals surface area (Å²) in [7, 11) is 0. The van der Waals surface area contributed by atoms with Gasteiger partial charge in [-0.2, -0.15) is 0 Å². The molecule has 8 aromatic carbocycles. The molecule has 2 aromatic heterocycles. The van der Waals surface area contributed by atoms with E-state index >= 15 is 0 Å². The van der Waals surface area contributed by atoms with E-state index in [1.165, 1.54) is 43.9 Å². The van der Waals surface area contributed by atoms with E-state index in [9.17, 15) is 0 Å². The summed E-state index contributed by atoms with van der Waals surface area (Å²) in [6.07, 6.45) is 0. The van der Waals surface area contributed by atoms with E-state index in [1.54, 1.807) is 0 Å². The van der Waals surface area contributed by atoms with Crippen LogP contribution in [0.4, 0.5) is 17.1 Å². The van der Waals surface area contributed by atoms with Crippen LogP contribution in [0.1, 0.15) is 79.0 Å². The van der Waals surface area contributed by atoms with Gasteiger partial charge < -0.3 is 9.64 Å². The average molecular weight is 908 g/mol. The summed E-state index contributed by atoms with van der Waals surface area (Å²) in [4.78, 5) is 8.24. The van der Waals surface area contributed by atoms with Gasteiger partial charge in [0, 0.05) is 33.3 Å². The Morgan fingerprint density at radius 1 is 0.429 bits per heavy atom. The number of nitrogens with zero attached hydrogens (tertiary/aromatic N) is 3. The van der Waals surface area contributed by atoms with Crippen molar-refractivity contribution in [2.45, 2.75) is 78.6 Å². The first-order valence-electron chi connectivity index (χ1n) is 24.8. The first kappa shape index (κ1) is 43.6. The monoisotopic (exact) mass is 907 g/mol. The standard InChI is InChI=1S/C65H58BN3O/c1-63(2,3)44-32-34-58-52(36-44)66-51-35-43(53-37-45(64(4,5)6)40-60(67-53)68-54-29-18-16-25-49(54)50-26-17-19-30-55(50)68)31-33-56(51)69(57-38-46(65(7,8)9)39-59(70-58)61(57)66)62-47(41-21-12-10-13-22-41)27-20-28-48(62)42-23-14-11-15-24-42/h10-40H,1-9H3. The minimum Gasteiger partial charge on any atom is -0.458 e. The highest BCUT2D eigenvalue weighted by Crippen LogP contribution is 2.50. The van der Waals surface area contributed by atoms with Crippen molar-refractivity contribution in [3.63, 3.8) is 0 Å². The van der Waals surface area contributed by atoms with Gasteiger partial charge in [-0.25, -0.2) is 4.98 Å². The van der Waals surface area contributed by atoms with Gasteiger partial charge in [0.1, 0.15) is 17.3 Å². The molecular weight excluding hydrogens is 850 g/mol. The van der Waals surface area contributed by atoms with Crippen LogP contribution in [-0.2, 0) is 16.2 Å². The molecule has 0 aliphatic carbocycles. The Morgan fingerprint density at radius 3 is 1.60 bits per heavy atom. The van der Waals surface area contributed by atoms with Gasteiger partial charge in [0.15, 0.2) is 0 Å². The molecule has 0 N–H and O–H groups in total. The highest BCUT2D eigenvalue weighted by Gasteiger charge is 2.44. The third kappa shape index (κ3) is 7.16. The van der Waals surface area contributed by atoms with E-state index < -0.39 is 0 Å². The zero-order valence-corrected chi connectivity index (χ0v) is 41.7. The van der Waals surface area contributed by atoms with E-state index in [0.29, 0.717) is 0 Å². The average Bonchev–Trinajstić information content (AvgIpc) is 3.70. The van der Waals surface area contributed by atoms with Crippen molar-refractivity contribution in [1.82, 2.24) is 9.55 Å². The number of fused-ring (bicyclic) bond motifs is 7. The Kier molecular flexibility index (Phi) is 9.95. The molecule has 0 bridgehead atoms. The maximum Gasteiger partial charge on any atom is 0.256 e. The van der Waals surface area contributed by atoms with E-state index in [0.717, 1.165) is 78.9 Å². The lowest BCUT2D eigenvalue weighted by Crippen LogP contribution is -2.60. The van der Waals surface area contributed by atoms with E-state index in [4.69, 9.17) is 9.72 Å². The van der Waals surface area contributed by atoms with Crippen LogP contribution >= 0.6 is 0 Å². The number of hydrogen-bond donors (Lipinski definition) is 0. The number of hydrogen-bond acceptors (Lipinski definition) is 3. The number of benzene rings is 8. The molecule has 0 atom stereocenters. The predicted octanol–water partition coefficient (Wildman–Crippen LogP) is 15.5. The third-order valence-electron chi connectivity index (χ3n) is 14.7. The fourth-order valence-corrected chi connectivity index (χ4v) is 10.9. The van der Waals surface area contributed by atoms with Crippen LogP contribution in [0.2, 0.25) is 0 Å². The fourth-order valence-electron chi connectivity index (χ4n) is 10.9. The van der Waals surface area contributed by atoms with Gasteiger partial charge in [0.25, 0.3) is 6.71 Å². The Labute approximate surface area is 413 Å². The molecule has 0 fully saturated rings. The molecular formula is C65H58BN3O. The van der Waals surface area contributed by atoms with Crippen molar-refractivity contribution in [3.8, 4) is 50.8 Å². The molecule has 0 saturated heterocycles. The van der Waals surface area contributed by atoms with Gasteiger partial charge >= 0.3 is 0 Å². The molecule has 0 radical (unpaired) electrons. The smallest absolute Gasteiger partial charge is 0.256 e. The molecule has 70 heavy (non-hydrogen) atoms. The third-order valence-corrected chi connectivity index (χ3v) is 14.7. The van der Waals surface area contributed by atoms with E-state index in [2.05, 4.69) is 260 Å². The largest absolute Gasteiger partial charge is 0.458 e. The van der Waals surface area contributed by atoms with Crippen molar-refractivity contribution >= 4 is 62.0 Å². The van der Waals surface area contributed by atoms with Gasteiger partial charge in [0.2, 0.25) is 0 Å². The summed E-state index contributed by atoms with van der Waals surface area (Å²) in [6.45, 7) is 20.6. The minimum atomic E-state index is -0.157. The summed E-state index contributed by atoms with van der Waals surface area (Å²) in [5, 5.41) is 2.44. The zero-order chi connectivity index (χ0) is 48.3. The normalized spacial score (nSPS) is 13.3. The van der Waals surface area contributed by atoms with Crippen molar-refractivity contribution in [2.24, 2.45) is 0 Å². The summed E-state index contributed by atoms with van der Waals surface area (Å²) in [6, 6.07) is 69.4. The Hall–Kier alpha value is -7.63. The van der Waals surface area contributed by atoms with Crippen LogP contribution in [-0.4, -0.2) is 16.3 Å². The molecule has 0 amide bonds. The molecule has 2 aliphatic heterocycles. The minimum absolute atomic E-state index is 0.0701. The fraction of sp³-hybridized carbons (Fsp3) is 0.185. The molecule has 0 spiro atoms. The SMILES string of the molecule is CC(C)(C)c1cc(-c2ccc3c(c2)B2c4cc(C(C)(C)C)ccc4Oc4cc(C(C)(C)C)cc(c42)N3c2c(-c3ccccc3)cccc2-c2ccccc2)nc(-n2c3ccccc3c3ccccc32)c1. The van der Waals surface area contributed by atoms with E-state index in [1.807, 2.05) is 0 Å². The maximum atomic E-state index is 7.21. The topological polar surface area (TPSA) is 30.3 Å². The second-order valence-corrected chi connectivity index (χ2v) is 22.5. The summed E-state index contributed by atoms with van der Waals surface area (Å²) in [5.74, 6) is 2.73. The molecule has 0 saturated carbocycles. The first-order valence-corrected chi connectivity index (χ1v) is 24.8. The molecule has 4 nitrogen and oxygen atoms in total. The quantitative estimate of drug-likeness (QED) is 0.161. The second-order valence-electron chi connectivity index (χ2n) is 22.5. The van der Waals surface area contributed by atoms with Crippen molar-refractivity contribution in [1.29, 1.82) is 0 Å². The van der Waals surface area contributed by atoms with Gasteiger partial charge in [-0.1, -0.05) is 202 Å². The summed E-state index contributed by atoms with van der Waals surface area (Å²) in [5.41, 5.74) is 19.3. The van der Waals surface area contributed by atoms with Gasteiger partial charge in [-0.3, -0.25) is 4.57 Å². The number of anilines is 3. The van der Waals surface area contributed by atoms with Crippen molar-refractivity contribution in [3.05, 3.63) is 205 Å². The lowest BCUT2D eigenvalue weighted by molar-refractivity contribution is 0.482. The lowest BCUT2D eigenvalue weighted by atomic mass is 9.33. The van der Waals surface area contributed by atoms with Crippen LogP contribution in [0.5, 0.6) is 11.5 Å². The summed E-state index contributed by atoms with van der Waals surface area (Å²) >= 11 is 0.